The molecule has 36 heavy (non-hydrogen) atoms. The van der Waals surface area contributed by atoms with Crippen LogP contribution in [-0.4, -0.2) is 60.4 Å². The summed E-state index contributed by atoms with van der Waals surface area (Å²) < 4.78 is 52.1. The number of aryl methyl sites for hydroxylation is 1. The van der Waals surface area contributed by atoms with Crippen molar-refractivity contribution in [2.75, 3.05) is 43.6 Å². The standard InChI is InChI=1S/C25H26F3N5O3/c1-13(16-5-4-6-17(22(16)26)23(27)28)29-24-18-9-20-21(10-19(18)30-14(2)31-24)36-12-15-11-32(25(34)35-3)7-8-33(15)20/h4-6,9-10,13,15,23H,7-8,11-12H2,1-3H3,(H,29,30,31)/t13-,15-/m1/s1. The summed E-state index contributed by atoms with van der Waals surface area (Å²) in [4.78, 5) is 24.9. The first-order chi connectivity index (χ1) is 17.3. The van der Waals surface area contributed by atoms with E-state index >= 15 is 0 Å². The third-order valence-corrected chi connectivity index (χ3v) is 6.66. The molecule has 190 valence electrons. The predicted molar refractivity (Wildman–Crippen MR) is 128 cm³/mol. The highest BCUT2D eigenvalue weighted by molar-refractivity contribution is 5.94. The average molecular weight is 502 g/mol. The van der Waals surface area contributed by atoms with Gasteiger partial charge in [0.05, 0.1) is 36.0 Å². The summed E-state index contributed by atoms with van der Waals surface area (Å²) in [6.07, 6.45) is -3.27. The number of alkyl halides is 2. The van der Waals surface area contributed by atoms with Crippen LogP contribution in [0.4, 0.5) is 29.5 Å². The highest BCUT2D eigenvalue weighted by atomic mass is 19.3. The van der Waals surface area contributed by atoms with Crippen LogP contribution in [0.2, 0.25) is 0 Å². The predicted octanol–water partition coefficient (Wildman–Crippen LogP) is 4.84. The Hall–Kier alpha value is -3.76. The minimum Gasteiger partial charge on any atom is -0.489 e. The molecule has 2 aliphatic rings. The molecule has 0 spiro atoms. The minimum absolute atomic E-state index is 0.0457. The molecule has 0 aliphatic carbocycles. The third kappa shape index (κ3) is 4.22. The molecule has 1 N–H and O–H groups in total. The lowest BCUT2D eigenvalue weighted by molar-refractivity contribution is 0.106. The number of piperazine rings is 1. The van der Waals surface area contributed by atoms with Crippen LogP contribution < -0.4 is 15.0 Å². The van der Waals surface area contributed by atoms with Crippen LogP contribution in [0.25, 0.3) is 10.9 Å². The maximum Gasteiger partial charge on any atom is 0.409 e. The van der Waals surface area contributed by atoms with Gasteiger partial charge >= 0.3 is 6.09 Å². The molecular formula is C25H26F3N5O3. The normalized spacial score (nSPS) is 17.9. The molecule has 3 heterocycles. The van der Waals surface area contributed by atoms with E-state index in [1.54, 1.807) is 18.7 Å². The van der Waals surface area contributed by atoms with Gasteiger partial charge in [-0.2, -0.15) is 0 Å². The molecule has 2 aliphatic heterocycles. The van der Waals surface area contributed by atoms with Crippen LogP contribution in [0.1, 0.15) is 36.3 Å². The maximum absolute atomic E-state index is 14.8. The summed E-state index contributed by atoms with van der Waals surface area (Å²) in [5.74, 6) is 0.710. The number of fused-ring (bicyclic) bond motifs is 4. The van der Waals surface area contributed by atoms with E-state index in [1.165, 1.54) is 19.2 Å². The number of nitrogens with one attached hydrogen (secondary N) is 1. The molecule has 11 heteroatoms. The van der Waals surface area contributed by atoms with Crippen LogP contribution in [0, 0.1) is 12.7 Å². The lowest BCUT2D eigenvalue weighted by atomic mass is 10.0. The van der Waals surface area contributed by atoms with Gasteiger partial charge in [-0.25, -0.2) is 27.9 Å². The first-order valence-corrected chi connectivity index (χ1v) is 11.6. The van der Waals surface area contributed by atoms with Crippen LogP contribution in [0.3, 0.4) is 0 Å². The summed E-state index contributed by atoms with van der Waals surface area (Å²) in [5, 5.41) is 3.88. The van der Waals surface area contributed by atoms with E-state index < -0.39 is 23.8 Å². The Balaban J connectivity index is 1.49. The zero-order valence-corrected chi connectivity index (χ0v) is 20.1. The molecule has 8 nitrogen and oxygen atoms in total. The number of hydrogen-bond acceptors (Lipinski definition) is 7. The zero-order chi connectivity index (χ0) is 25.6. The van der Waals surface area contributed by atoms with Crippen molar-refractivity contribution in [1.29, 1.82) is 0 Å². The number of anilines is 2. The fraction of sp³-hybridized carbons (Fsp3) is 0.400. The van der Waals surface area contributed by atoms with Gasteiger partial charge in [-0.3, -0.25) is 0 Å². The Morgan fingerprint density at radius 2 is 2.00 bits per heavy atom. The van der Waals surface area contributed by atoms with Gasteiger partial charge in [0.25, 0.3) is 6.43 Å². The molecule has 0 unspecified atom stereocenters. The molecular weight excluding hydrogens is 475 g/mol. The van der Waals surface area contributed by atoms with E-state index in [0.29, 0.717) is 54.5 Å². The summed E-state index contributed by atoms with van der Waals surface area (Å²) in [7, 11) is 1.36. The lowest BCUT2D eigenvalue weighted by Gasteiger charge is -2.45. The highest BCUT2D eigenvalue weighted by Crippen LogP contribution is 2.40. The molecule has 1 amide bonds. The Morgan fingerprint density at radius 3 is 2.75 bits per heavy atom. The second kappa shape index (κ2) is 9.36. The molecule has 0 saturated carbocycles. The van der Waals surface area contributed by atoms with Crippen LogP contribution in [0.5, 0.6) is 5.75 Å². The molecule has 1 aromatic heterocycles. The van der Waals surface area contributed by atoms with Crippen molar-refractivity contribution in [2.45, 2.75) is 32.4 Å². The Bertz CT molecular complexity index is 1320. The van der Waals surface area contributed by atoms with Crippen LogP contribution in [0.15, 0.2) is 30.3 Å². The van der Waals surface area contributed by atoms with Crippen LogP contribution >= 0.6 is 0 Å². The van der Waals surface area contributed by atoms with Gasteiger partial charge in [0.2, 0.25) is 0 Å². The van der Waals surface area contributed by atoms with Crippen molar-refractivity contribution in [1.82, 2.24) is 14.9 Å². The molecule has 2 aromatic carbocycles. The SMILES string of the molecule is COC(=O)N1CCN2c3cc4c(N[C@H](C)c5cccc(C(F)F)c5F)nc(C)nc4cc3OC[C@H]2C1. The number of methoxy groups -OCH3 is 1. The molecule has 2 atom stereocenters. The number of benzene rings is 2. The van der Waals surface area contributed by atoms with Crippen molar-refractivity contribution in [3.05, 3.63) is 53.1 Å². The van der Waals surface area contributed by atoms with Crippen LogP contribution in [-0.2, 0) is 4.74 Å². The van der Waals surface area contributed by atoms with E-state index in [0.717, 1.165) is 11.8 Å². The van der Waals surface area contributed by atoms with Crippen molar-refractivity contribution >= 4 is 28.5 Å². The number of nitrogens with zero attached hydrogens (tertiary/aromatic N) is 4. The van der Waals surface area contributed by atoms with E-state index in [2.05, 4.69) is 20.2 Å². The molecule has 5 rings (SSSR count). The molecule has 1 saturated heterocycles. The Kier molecular flexibility index (Phi) is 6.23. The molecule has 0 bridgehead atoms. The Morgan fingerprint density at radius 1 is 1.22 bits per heavy atom. The van der Waals surface area contributed by atoms with Crippen molar-refractivity contribution in [3.63, 3.8) is 0 Å². The number of ether oxygens (including phenoxy) is 2. The number of carbonyl (C=O) groups excluding carboxylic acids is 1. The van der Waals surface area contributed by atoms with Gasteiger partial charge < -0.3 is 24.6 Å². The van der Waals surface area contributed by atoms with Gasteiger partial charge in [-0.05, 0) is 19.9 Å². The number of carbonyl (C=O) groups is 1. The van der Waals surface area contributed by atoms with E-state index in [-0.39, 0.29) is 17.7 Å². The van der Waals surface area contributed by atoms with Crippen molar-refractivity contribution in [2.24, 2.45) is 0 Å². The largest absolute Gasteiger partial charge is 0.489 e. The lowest BCUT2D eigenvalue weighted by Crippen LogP contribution is -2.58. The topological polar surface area (TPSA) is 79.8 Å². The average Bonchev–Trinajstić information content (AvgIpc) is 2.86. The molecule has 1 fully saturated rings. The fourth-order valence-corrected chi connectivity index (χ4v) is 4.86. The number of aromatic nitrogens is 2. The van der Waals surface area contributed by atoms with E-state index in [1.807, 2.05) is 12.1 Å². The summed E-state index contributed by atoms with van der Waals surface area (Å²) in [5.41, 5.74) is 0.979. The molecule has 0 radical (unpaired) electrons. The van der Waals surface area contributed by atoms with Gasteiger partial charge in [-0.15, -0.1) is 0 Å². The van der Waals surface area contributed by atoms with Gasteiger partial charge in [-0.1, -0.05) is 18.2 Å². The fourth-order valence-electron chi connectivity index (χ4n) is 4.86. The van der Waals surface area contributed by atoms with E-state index in [4.69, 9.17) is 9.47 Å². The number of halogens is 3. The summed E-state index contributed by atoms with van der Waals surface area (Å²) in [6, 6.07) is 7.07. The second-order valence-electron chi connectivity index (χ2n) is 8.95. The van der Waals surface area contributed by atoms with Crippen molar-refractivity contribution < 1.29 is 27.4 Å². The second-order valence-corrected chi connectivity index (χ2v) is 8.95. The van der Waals surface area contributed by atoms with E-state index in [9.17, 15) is 18.0 Å². The number of hydrogen-bond donors (Lipinski definition) is 1. The van der Waals surface area contributed by atoms with Gasteiger partial charge in [0.15, 0.2) is 0 Å². The first kappa shape index (κ1) is 24.0. The maximum atomic E-state index is 14.8. The quantitative estimate of drug-likeness (QED) is 0.548. The summed E-state index contributed by atoms with van der Waals surface area (Å²) in [6.45, 7) is 5.43. The minimum atomic E-state index is -2.90. The summed E-state index contributed by atoms with van der Waals surface area (Å²) >= 11 is 0. The first-order valence-electron chi connectivity index (χ1n) is 11.6. The highest BCUT2D eigenvalue weighted by Gasteiger charge is 2.35. The zero-order valence-electron chi connectivity index (χ0n) is 20.1. The van der Waals surface area contributed by atoms with Crippen molar-refractivity contribution in [3.8, 4) is 5.75 Å². The number of amides is 1. The van der Waals surface area contributed by atoms with Gasteiger partial charge in [0.1, 0.15) is 29.8 Å². The number of rotatable bonds is 4. The van der Waals surface area contributed by atoms with Gasteiger partial charge in [0, 0.05) is 36.7 Å². The Labute approximate surface area is 206 Å². The monoisotopic (exact) mass is 501 g/mol. The molecule has 3 aromatic rings. The third-order valence-electron chi connectivity index (χ3n) is 6.66. The smallest absolute Gasteiger partial charge is 0.409 e.